The average Bonchev–Trinajstić information content (AvgIpc) is 3.26. The van der Waals surface area contributed by atoms with Gasteiger partial charge < -0.3 is 15.3 Å². The van der Waals surface area contributed by atoms with Gasteiger partial charge in [0.25, 0.3) is 0 Å². The molecule has 4 unspecified atom stereocenters. The standard InChI is InChI=1S/C17H22N2O3/c1-11-7-13(16(20)21)10-19(9-11)17(22)18-15-8-14(15)12-5-3-2-4-6-12/h2-6,11,13-15H,7-10H2,1H3,(H,18,22)(H,20,21). The molecule has 2 amide bonds. The summed E-state index contributed by atoms with van der Waals surface area (Å²) in [5.41, 5.74) is 1.25. The van der Waals surface area contributed by atoms with Crippen LogP contribution in [-0.2, 0) is 4.79 Å². The fourth-order valence-electron chi connectivity index (χ4n) is 3.37. The number of aliphatic carboxylic acids is 1. The first-order valence-corrected chi connectivity index (χ1v) is 7.87. The van der Waals surface area contributed by atoms with Crippen LogP contribution in [0.15, 0.2) is 30.3 Å². The van der Waals surface area contributed by atoms with Crippen molar-refractivity contribution in [2.75, 3.05) is 13.1 Å². The Morgan fingerprint density at radius 2 is 1.91 bits per heavy atom. The lowest BCUT2D eigenvalue weighted by atomic mass is 9.91. The van der Waals surface area contributed by atoms with Crippen molar-refractivity contribution in [2.45, 2.75) is 31.7 Å². The Hall–Kier alpha value is -2.04. The first-order valence-electron chi connectivity index (χ1n) is 7.87. The van der Waals surface area contributed by atoms with Crippen molar-refractivity contribution in [3.63, 3.8) is 0 Å². The molecule has 5 heteroatoms. The number of amides is 2. The van der Waals surface area contributed by atoms with E-state index in [9.17, 15) is 14.7 Å². The Balaban J connectivity index is 1.55. The molecule has 0 spiro atoms. The highest BCUT2D eigenvalue weighted by molar-refractivity contribution is 5.77. The summed E-state index contributed by atoms with van der Waals surface area (Å²) < 4.78 is 0. The van der Waals surface area contributed by atoms with E-state index in [1.165, 1.54) is 5.56 Å². The van der Waals surface area contributed by atoms with E-state index in [4.69, 9.17) is 0 Å². The summed E-state index contributed by atoms with van der Waals surface area (Å²) in [4.78, 5) is 25.2. The Kier molecular flexibility index (Phi) is 4.05. The van der Waals surface area contributed by atoms with Crippen LogP contribution in [0.3, 0.4) is 0 Å². The van der Waals surface area contributed by atoms with E-state index < -0.39 is 11.9 Å². The summed E-state index contributed by atoms with van der Waals surface area (Å²) in [7, 11) is 0. The van der Waals surface area contributed by atoms with E-state index in [1.54, 1.807) is 4.90 Å². The SMILES string of the molecule is CC1CC(C(=O)O)CN(C(=O)NC2CC2c2ccccc2)C1. The van der Waals surface area contributed by atoms with Crippen molar-refractivity contribution in [3.05, 3.63) is 35.9 Å². The van der Waals surface area contributed by atoms with Crippen LogP contribution in [-0.4, -0.2) is 41.1 Å². The number of benzene rings is 1. The van der Waals surface area contributed by atoms with Crippen LogP contribution in [0.2, 0.25) is 0 Å². The summed E-state index contributed by atoms with van der Waals surface area (Å²) in [6.07, 6.45) is 1.61. The van der Waals surface area contributed by atoms with Crippen LogP contribution in [0.5, 0.6) is 0 Å². The van der Waals surface area contributed by atoms with Gasteiger partial charge >= 0.3 is 12.0 Å². The molecule has 0 aromatic heterocycles. The van der Waals surface area contributed by atoms with E-state index >= 15 is 0 Å². The molecule has 2 fully saturated rings. The third kappa shape index (κ3) is 3.24. The van der Waals surface area contributed by atoms with Gasteiger partial charge in [-0.2, -0.15) is 0 Å². The normalized spacial score (nSPS) is 30.7. The molecule has 1 aliphatic carbocycles. The van der Waals surface area contributed by atoms with E-state index in [0.29, 0.717) is 25.4 Å². The second-order valence-electron chi connectivity index (χ2n) is 6.59. The van der Waals surface area contributed by atoms with Gasteiger partial charge in [-0.05, 0) is 24.3 Å². The minimum Gasteiger partial charge on any atom is -0.481 e. The summed E-state index contributed by atoms with van der Waals surface area (Å²) >= 11 is 0. The van der Waals surface area contributed by atoms with E-state index in [1.807, 2.05) is 25.1 Å². The highest BCUT2D eigenvalue weighted by atomic mass is 16.4. The largest absolute Gasteiger partial charge is 0.481 e. The number of hydrogen-bond donors (Lipinski definition) is 2. The number of urea groups is 1. The Morgan fingerprint density at radius 3 is 2.59 bits per heavy atom. The number of likely N-dealkylation sites (tertiary alicyclic amines) is 1. The highest BCUT2D eigenvalue weighted by Crippen LogP contribution is 2.40. The number of hydrogen-bond acceptors (Lipinski definition) is 2. The van der Waals surface area contributed by atoms with Crippen LogP contribution in [0.25, 0.3) is 0 Å². The molecule has 0 radical (unpaired) electrons. The summed E-state index contributed by atoms with van der Waals surface area (Å²) in [5.74, 6) is -0.635. The maximum absolute atomic E-state index is 12.4. The molecule has 2 N–H and O–H groups in total. The van der Waals surface area contributed by atoms with Crippen molar-refractivity contribution in [1.82, 2.24) is 10.2 Å². The third-order valence-electron chi connectivity index (χ3n) is 4.62. The van der Waals surface area contributed by atoms with Crippen molar-refractivity contribution in [1.29, 1.82) is 0 Å². The first kappa shape index (κ1) is 14.9. The van der Waals surface area contributed by atoms with Crippen LogP contribution in [0.4, 0.5) is 4.79 Å². The van der Waals surface area contributed by atoms with Gasteiger partial charge in [-0.1, -0.05) is 37.3 Å². The van der Waals surface area contributed by atoms with Crippen LogP contribution >= 0.6 is 0 Å². The molecule has 118 valence electrons. The van der Waals surface area contributed by atoms with Crippen molar-refractivity contribution in [3.8, 4) is 0 Å². The van der Waals surface area contributed by atoms with Gasteiger partial charge in [0.2, 0.25) is 0 Å². The summed E-state index contributed by atoms with van der Waals surface area (Å²) in [6.45, 7) is 2.95. The summed E-state index contributed by atoms with van der Waals surface area (Å²) in [6, 6.07) is 10.2. The summed E-state index contributed by atoms with van der Waals surface area (Å²) in [5, 5.41) is 12.2. The molecule has 0 bridgehead atoms. The van der Waals surface area contributed by atoms with Gasteiger partial charge in [0.05, 0.1) is 5.92 Å². The number of carbonyl (C=O) groups is 2. The maximum atomic E-state index is 12.4. The molecule has 1 saturated heterocycles. The lowest BCUT2D eigenvalue weighted by Gasteiger charge is -2.34. The average molecular weight is 302 g/mol. The number of nitrogens with one attached hydrogen (secondary N) is 1. The number of carboxylic acids is 1. The molecule has 1 saturated carbocycles. The molecule has 1 heterocycles. The molecule has 4 atom stereocenters. The lowest BCUT2D eigenvalue weighted by molar-refractivity contribution is -0.143. The quantitative estimate of drug-likeness (QED) is 0.900. The molecular weight excluding hydrogens is 280 g/mol. The van der Waals surface area contributed by atoms with Crippen LogP contribution < -0.4 is 5.32 Å². The zero-order chi connectivity index (χ0) is 15.7. The Morgan fingerprint density at radius 1 is 1.18 bits per heavy atom. The van der Waals surface area contributed by atoms with Gasteiger partial charge in [-0.25, -0.2) is 4.79 Å². The maximum Gasteiger partial charge on any atom is 0.317 e. The number of carboxylic acid groups (broad SMARTS) is 1. The minimum atomic E-state index is -0.807. The molecule has 22 heavy (non-hydrogen) atoms. The predicted molar refractivity (Wildman–Crippen MR) is 82.6 cm³/mol. The fourth-order valence-corrected chi connectivity index (χ4v) is 3.37. The number of rotatable bonds is 3. The molecule has 3 rings (SSSR count). The second kappa shape index (κ2) is 5.99. The monoisotopic (exact) mass is 302 g/mol. The first-order chi connectivity index (χ1) is 10.5. The predicted octanol–water partition coefficient (Wildman–Crippen LogP) is 2.29. The zero-order valence-corrected chi connectivity index (χ0v) is 12.7. The molecule has 5 nitrogen and oxygen atoms in total. The van der Waals surface area contributed by atoms with Gasteiger partial charge in [-0.15, -0.1) is 0 Å². The lowest BCUT2D eigenvalue weighted by Crippen LogP contribution is -2.50. The second-order valence-corrected chi connectivity index (χ2v) is 6.59. The van der Waals surface area contributed by atoms with E-state index in [0.717, 1.165) is 6.42 Å². The van der Waals surface area contributed by atoms with Gasteiger partial charge in [0.1, 0.15) is 0 Å². The number of nitrogens with zero attached hydrogens (tertiary/aromatic N) is 1. The van der Waals surface area contributed by atoms with Crippen LogP contribution in [0.1, 0.15) is 31.2 Å². The van der Waals surface area contributed by atoms with E-state index in [2.05, 4.69) is 17.4 Å². The van der Waals surface area contributed by atoms with Gasteiger partial charge in [0, 0.05) is 25.0 Å². The number of carbonyl (C=O) groups excluding carboxylic acids is 1. The smallest absolute Gasteiger partial charge is 0.317 e. The highest BCUT2D eigenvalue weighted by Gasteiger charge is 2.41. The fraction of sp³-hybridized carbons (Fsp3) is 0.529. The zero-order valence-electron chi connectivity index (χ0n) is 12.7. The molecule has 2 aliphatic rings. The molecule has 1 aromatic carbocycles. The van der Waals surface area contributed by atoms with E-state index in [-0.39, 0.29) is 18.0 Å². The molecular formula is C17H22N2O3. The van der Waals surface area contributed by atoms with Crippen molar-refractivity contribution >= 4 is 12.0 Å². The third-order valence-corrected chi connectivity index (χ3v) is 4.62. The Labute approximate surface area is 130 Å². The topological polar surface area (TPSA) is 69.6 Å². The van der Waals surface area contributed by atoms with Crippen molar-refractivity contribution < 1.29 is 14.7 Å². The van der Waals surface area contributed by atoms with Gasteiger partial charge in [0.15, 0.2) is 0 Å². The van der Waals surface area contributed by atoms with Crippen molar-refractivity contribution in [2.24, 2.45) is 11.8 Å². The minimum absolute atomic E-state index is 0.124. The number of piperidine rings is 1. The molecule has 1 aromatic rings. The Bertz CT molecular complexity index is 560. The van der Waals surface area contributed by atoms with Gasteiger partial charge in [-0.3, -0.25) is 4.79 Å². The van der Waals surface area contributed by atoms with Crippen LogP contribution in [0, 0.1) is 11.8 Å². The molecule has 1 aliphatic heterocycles.